The fraction of sp³-hybridized carbons (Fsp3) is 0.385. The molecule has 0 bridgehead atoms. The number of nitrogens with one attached hydrogen (secondary N) is 1. The van der Waals surface area contributed by atoms with Crippen LogP contribution in [0.5, 0.6) is 0 Å². The van der Waals surface area contributed by atoms with Crippen molar-refractivity contribution in [2.75, 3.05) is 0 Å². The summed E-state index contributed by atoms with van der Waals surface area (Å²) in [5.41, 5.74) is 5.47. The molecule has 1 aliphatic carbocycles. The Bertz CT molecular complexity index is 557. The Morgan fingerprint density at radius 3 is 2.65 bits per heavy atom. The lowest BCUT2D eigenvalue weighted by molar-refractivity contribution is 0.0922. The molecule has 5 nitrogen and oxygen atoms in total. The van der Waals surface area contributed by atoms with E-state index in [1.807, 2.05) is 0 Å². The Morgan fingerprint density at radius 1 is 1.45 bits per heavy atom. The van der Waals surface area contributed by atoms with Crippen molar-refractivity contribution < 1.29 is 10.0 Å². The summed E-state index contributed by atoms with van der Waals surface area (Å²) in [6, 6.07) is 4.93. The number of amides is 1. The Balaban J connectivity index is 2.23. The van der Waals surface area contributed by atoms with Gasteiger partial charge >= 0.3 is 0 Å². The molecule has 0 atom stereocenters. The van der Waals surface area contributed by atoms with Crippen LogP contribution in [0, 0.1) is 0 Å². The molecule has 0 spiro atoms. The topological polar surface area (TPSA) is 87.7 Å². The normalized spacial score (nSPS) is 18.0. The average molecular weight is 361 g/mol. The van der Waals surface area contributed by atoms with E-state index < -0.39 is 5.54 Å². The first kappa shape index (κ1) is 15.1. The fourth-order valence-corrected chi connectivity index (χ4v) is 2.94. The lowest BCUT2D eigenvalue weighted by atomic mass is 9.95. The number of carbonyl (C=O) groups is 1. The molecule has 2 rings (SSSR count). The van der Waals surface area contributed by atoms with Crippen molar-refractivity contribution in [2.45, 2.75) is 31.2 Å². The van der Waals surface area contributed by atoms with E-state index in [0.717, 1.165) is 12.8 Å². The molecule has 4 N–H and O–H groups in total. The highest BCUT2D eigenvalue weighted by Gasteiger charge is 2.39. The number of nitrogens with zero attached hydrogens (tertiary/aromatic N) is 1. The Hall–Kier alpha value is -1.27. The van der Waals surface area contributed by atoms with Gasteiger partial charge in [0.2, 0.25) is 0 Å². The number of halogens is 2. The third-order valence-corrected chi connectivity index (χ3v) is 4.80. The van der Waals surface area contributed by atoms with Gasteiger partial charge in [0, 0.05) is 10.0 Å². The van der Waals surface area contributed by atoms with E-state index in [1.54, 1.807) is 18.2 Å². The van der Waals surface area contributed by atoms with E-state index >= 15 is 0 Å². The van der Waals surface area contributed by atoms with Gasteiger partial charge in [0.25, 0.3) is 5.91 Å². The first-order valence-corrected chi connectivity index (χ1v) is 7.41. The van der Waals surface area contributed by atoms with Crippen molar-refractivity contribution in [1.29, 1.82) is 0 Å². The van der Waals surface area contributed by atoms with Gasteiger partial charge in [-0.3, -0.25) is 4.79 Å². The zero-order chi connectivity index (χ0) is 14.8. The molecule has 0 radical (unpaired) electrons. The average Bonchev–Trinajstić information content (AvgIpc) is 2.90. The second kappa shape index (κ2) is 6.01. The maximum absolute atomic E-state index is 12.3. The standard InChI is InChI=1S/C13H15BrClN3O2/c14-9-7-8(3-4-10(9)15)11(19)17-13(12(16)18-20)5-1-2-6-13/h3-4,7,20H,1-2,5-6H2,(H2,16,18)(H,17,19). The van der Waals surface area contributed by atoms with Crippen LogP contribution in [0.15, 0.2) is 27.8 Å². The Morgan fingerprint density at radius 2 is 2.10 bits per heavy atom. The molecular formula is C13H15BrClN3O2. The van der Waals surface area contributed by atoms with Gasteiger partial charge in [0.15, 0.2) is 5.84 Å². The number of nitrogens with two attached hydrogens (primary N) is 1. The fourth-order valence-electron chi connectivity index (χ4n) is 2.45. The van der Waals surface area contributed by atoms with Crippen molar-refractivity contribution in [1.82, 2.24) is 5.32 Å². The van der Waals surface area contributed by atoms with Crippen LogP contribution in [-0.2, 0) is 0 Å². The largest absolute Gasteiger partial charge is 0.409 e. The minimum Gasteiger partial charge on any atom is -0.409 e. The second-order valence-electron chi connectivity index (χ2n) is 4.86. The molecule has 1 fully saturated rings. The summed E-state index contributed by atoms with van der Waals surface area (Å²) >= 11 is 9.19. The third-order valence-electron chi connectivity index (χ3n) is 3.59. The van der Waals surface area contributed by atoms with Crippen LogP contribution in [0.1, 0.15) is 36.0 Å². The van der Waals surface area contributed by atoms with Gasteiger partial charge in [-0.05, 0) is 47.0 Å². The van der Waals surface area contributed by atoms with Crippen molar-refractivity contribution in [3.8, 4) is 0 Å². The lowest BCUT2D eigenvalue weighted by Crippen LogP contribution is -2.55. The van der Waals surface area contributed by atoms with E-state index in [0.29, 0.717) is 27.9 Å². The van der Waals surface area contributed by atoms with Crippen molar-refractivity contribution >= 4 is 39.3 Å². The highest BCUT2D eigenvalue weighted by molar-refractivity contribution is 9.10. The van der Waals surface area contributed by atoms with E-state index in [-0.39, 0.29) is 11.7 Å². The predicted molar refractivity (Wildman–Crippen MR) is 81.2 cm³/mol. The molecular weight excluding hydrogens is 346 g/mol. The molecule has 0 unspecified atom stereocenters. The molecule has 108 valence electrons. The molecule has 20 heavy (non-hydrogen) atoms. The number of amidine groups is 1. The summed E-state index contributed by atoms with van der Waals surface area (Å²) in [6.07, 6.45) is 3.20. The minimum atomic E-state index is -0.752. The van der Waals surface area contributed by atoms with Gasteiger partial charge < -0.3 is 16.3 Å². The van der Waals surface area contributed by atoms with Crippen LogP contribution in [0.4, 0.5) is 0 Å². The van der Waals surface area contributed by atoms with Crippen LogP contribution in [0.2, 0.25) is 5.02 Å². The summed E-state index contributed by atoms with van der Waals surface area (Å²) in [7, 11) is 0. The molecule has 1 saturated carbocycles. The van der Waals surface area contributed by atoms with E-state index in [2.05, 4.69) is 26.4 Å². The summed E-state index contributed by atoms with van der Waals surface area (Å²) in [6.45, 7) is 0. The van der Waals surface area contributed by atoms with Gasteiger partial charge in [-0.25, -0.2) is 0 Å². The first-order valence-electron chi connectivity index (χ1n) is 6.24. The molecule has 0 heterocycles. The predicted octanol–water partition coefficient (Wildman–Crippen LogP) is 2.89. The number of rotatable bonds is 3. The summed E-state index contributed by atoms with van der Waals surface area (Å²) in [5, 5.41) is 15.4. The van der Waals surface area contributed by atoms with Crippen molar-refractivity contribution in [3.05, 3.63) is 33.3 Å². The molecule has 0 saturated heterocycles. The molecule has 1 amide bonds. The zero-order valence-electron chi connectivity index (χ0n) is 10.7. The summed E-state index contributed by atoms with van der Waals surface area (Å²) in [5.74, 6) is -0.216. The zero-order valence-corrected chi connectivity index (χ0v) is 13.0. The highest BCUT2D eigenvalue weighted by atomic mass is 79.9. The van der Waals surface area contributed by atoms with Crippen LogP contribution in [-0.4, -0.2) is 22.5 Å². The lowest BCUT2D eigenvalue weighted by Gasteiger charge is -2.28. The van der Waals surface area contributed by atoms with Crippen LogP contribution in [0.3, 0.4) is 0 Å². The molecule has 0 aliphatic heterocycles. The number of oxime groups is 1. The van der Waals surface area contributed by atoms with E-state index in [9.17, 15) is 4.79 Å². The molecule has 1 aromatic carbocycles. The van der Waals surface area contributed by atoms with E-state index in [4.69, 9.17) is 22.5 Å². The Labute approximate surface area is 130 Å². The quantitative estimate of drug-likeness (QED) is 0.335. The van der Waals surface area contributed by atoms with Crippen LogP contribution < -0.4 is 11.1 Å². The summed E-state index contributed by atoms with van der Waals surface area (Å²) < 4.78 is 0.649. The molecule has 1 aromatic rings. The highest BCUT2D eigenvalue weighted by Crippen LogP contribution is 2.30. The molecule has 1 aliphatic rings. The van der Waals surface area contributed by atoms with Crippen LogP contribution >= 0.6 is 27.5 Å². The van der Waals surface area contributed by atoms with E-state index in [1.165, 1.54) is 0 Å². The van der Waals surface area contributed by atoms with Gasteiger partial charge in [0.05, 0.1) is 5.02 Å². The van der Waals surface area contributed by atoms with Crippen molar-refractivity contribution in [3.63, 3.8) is 0 Å². The maximum atomic E-state index is 12.3. The minimum absolute atomic E-state index is 0.0522. The Kier molecular flexibility index (Phi) is 4.55. The number of benzene rings is 1. The third kappa shape index (κ3) is 2.91. The van der Waals surface area contributed by atoms with Crippen LogP contribution in [0.25, 0.3) is 0 Å². The van der Waals surface area contributed by atoms with Gasteiger partial charge in [0.1, 0.15) is 5.54 Å². The summed E-state index contributed by atoms with van der Waals surface area (Å²) in [4.78, 5) is 12.3. The number of carbonyl (C=O) groups excluding carboxylic acids is 1. The van der Waals surface area contributed by atoms with Gasteiger partial charge in [-0.1, -0.05) is 29.6 Å². The monoisotopic (exact) mass is 359 g/mol. The molecule has 0 aromatic heterocycles. The maximum Gasteiger partial charge on any atom is 0.252 e. The van der Waals surface area contributed by atoms with Crippen molar-refractivity contribution in [2.24, 2.45) is 10.9 Å². The SMILES string of the molecule is N/C(=N/O)C1(NC(=O)c2ccc(Cl)c(Br)c2)CCCC1. The second-order valence-corrected chi connectivity index (χ2v) is 6.12. The number of hydrogen-bond acceptors (Lipinski definition) is 3. The van der Waals surface area contributed by atoms with Gasteiger partial charge in [-0.15, -0.1) is 0 Å². The smallest absolute Gasteiger partial charge is 0.252 e. The molecule has 7 heteroatoms. The van der Waals surface area contributed by atoms with Gasteiger partial charge in [-0.2, -0.15) is 0 Å². The number of hydrogen-bond donors (Lipinski definition) is 3. The first-order chi connectivity index (χ1) is 9.48.